The lowest BCUT2D eigenvalue weighted by molar-refractivity contribution is 0.0687. The summed E-state index contributed by atoms with van der Waals surface area (Å²) < 4.78 is 1.71. The van der Waals surface area contributed by atoms with Crippen molar-refractivity contribution in [2.45, 2.75) is 31.6 Å². The molecular weight excluding hydrogens is 206 g/mol. The van der Waals surface area contributed by atoms with Crippen molar-refractivity contribution in [2.24, 2.45) is 12.8 Å². The van der Waals surface area contributed by atoms with Crippen LogP contribution in [0.1, 0.15) is 46.9 Å². The first-order chi connectivity index (χ1) is 7.65. The highest BCUT2D eigenvalue weighted by Crippen LogP contribution is 2.35. The Morgan fingerprint density at radius 1 is 1.69 bits per heavy atom. The summed E-state index contributed by atoms with van der Waals surface area (Å²) in [6.45, 7) is 0.595. The molecule has 0 saturated carbocycles. The number of carbonyl (C=O) groups is 1. The lowest BCUT2D eigenvalue weighted by Gasteiger charge is -2.22. The summed E-state index contributed by atoms with van der Waals surface area (Å²) in [4.78, 5) is 11.1. The number of nitrogens with zero attached hydrogens (tertiary/aromatic N) is 2. The summed E-state index contributed by atoms with van der Waals surface area (Å²) in [5.41, 5.74) is 7.79. The van der Waals surface area contributed by atoms with Crippen LogP contribution >= 0.6 is 0 Å². The fraction of sp³-hybridized carbons (Fsp3) is 0.636. The number of carboxylic acid groups (broad SMARTS) is 1. The Morgan fingerprint density at radius 2 is 2.44 bits per heavy atom. The molecule has 0 radical (unpaired) electrons. The lowest BCUT2D eigenvalue weighted by atomic mass is 9.83. The molecule has 1 aromatic rings. The molecule has 0 aliphatic heterocycles. The molecule has 0 fully saturated rings. The first-order valence-electron chi connectivity index (χ1n) is 5.64. The van der Waals surface area contributed by atoms with Gasteiger partial charge in [0.15, 0.2) is 5.69 Å². The van der Waals surface area contributed by atoms with E-state index in [0.717, 1.165) is 36.9 Å². The topological polar surface area (TPSA) is 81.1 Å². The Balaban J connectivity index is 2.47. The van der Waals surface area contributed by atoms with Crippen molar-refractivity contribution in [1.82, 2.24) is 9.78 Å². The first kappa shape index (κ1) is 11.1. The maximum Gasteiger partial charge on any atom is 0.356 e. The highest BCUT2D eigenvalue weighted by Gasteiger charge is 2.29. The Hall–Kier alpha value is -1.36. The van der Waals surface area contributed by atoms with Gasteiger partial charge in [-0.3, -0.25) is 4.68 Å². The van der Waals surface area contributed by atoms with Gasteiger partial charge in [-0.25, -0.2) is 4.79 Å². The minimum Gasteiger partial charge on any atom is -0.476 e. The van der Waals surface area contributed by atoms with Gasteiger partial charge in [0.25, 0.3) is 0 Å². The molecule has 0 saturated heterocycles. The fourth-order valence-corrected chi connectivity index (χ4v) is 2.61. The molecule has 0 amide bonds. The number of aromatic nitrogens is 2. The highest BCUT2D eigenvalue weighted by atomic mass is 16.4. The monoisotopic (exact) mass is 223 g/mol. The van der Waals surface area contributed by atoms with Crippen molar-refractivity contribution in [3.05, 3.63) is 17.0 Å². The van der Waals surface area contributed by atoms with Gasteiger partial charge in [0.05, 0.1) is 0 Å². The van der Waals surface area contributed by atoms with E-state index >= 15 is 0 Å². The molecule has 1 aliphatic carbocycles. The van der Waals surface area contributed by atoms with Crippen LogP contribution in [0.15, 0.2) is 0 Å². The van der Waals surface area contributed by atoms with Crippen molar-refractivity contribution in [2.75, 3.05) is 6.54 Å². The van der Waals surface area contributed by atoms with Gasteiger partial charge in [-0.15, -0.1) is 0 Å². The molecule has 1 heterocycles. The second-order valence-electron chi connectivity index (χ2n) is 4.30. The highest BCUT2D eigenvalue weighted by molar-refractivity contribution is 5.87. The third-order valence-corrected chi connectivity index (χ3v) is 3.30. The van der Waals surface area contributed by atoms with E-state index in [0.29, 0.717) is 6.54 Å². The molecular formula is C11H17N3O2. The third-order valence-electron chi connectivity index (χ3n) is 3.30. The first-order valence-corrected chi connectivity index (χ1v) is 5.64. The second kappa shape index (κ2) is 4.25. The number of aromatic carboxylic acids is 1. The molecule has 0 spiro atoms. The number of hydrogen-bond donors (Lipinski definition) is 2. The quantitative estimate of drug-likeness (QED) is 0.797. The fourth-order valence-electron chi connectivity index (χ4n) is 2.61. The van der Waals surface area contributed by atoms with Crippen LogP contribution in [-0.4, -0.2) is 27.4 Å². The van der Waals surface area contributed by atoms with E-state index in [4.69, 9.17) is 10.8 Å². The zero-order chi connectivity index (χ0) is 11.7. The molecule has 16 heavy (non-hydrogen) atoms. The predicted octanol–water partition coefficient (Wildman–Crippen LogP) is 0.887. The molecule has 0 aromatic carbocycles. The zero-order valence-corrected chi connectivity index (χ0v) is 9.44. The van der Waals surface area contributed by atoms with Crippen LogP contribution in [0.2, 0.25) is 0 Å². The van der Waals surface area contributed by atoms with E-state index in [2.05, 4.69) is 5.10 Å². The summed E-state index contributed by atoms with van der Waals surface area (Å²) in [5, 5.41) is 13.2. The zero-order valence-electron chi connectivity index (χ0n) is 9.44. The lowest BCUT2D eigenvalue weighted by Crippen LogP contribution is -2.16. The van der Waals surface area contributed by atoms with E-state index in [1.165, 1.54) is 0 Å². The average Bonchev–Trinajstić information content (AvgIpc) is 2.58. The van der Waals surface area contributed by atoms with Crippen LogP contribution in [0.3, 0.4) is 0 Å². The number of fused-ring (bicyclic) bond motifs is 1. The van der Waals surface area contributed by atoms with E-state index < -0.39 is 5.97 Å². The smallest absolute Gasteiger partial charge is 0.356 e. The van der Waals surface area contributed by atoms with Crippen LogP contribution in [0.5, 0.6) is 0 Å². The second-order valence-corrected chi connectivity index (χ2v) is 4.30. The summed E-state index contributed by atoms with van der Waals surface area (Å²) in [5.74, 6) is -0.658. The number of rotatable bonds is 3. The minimum atomic E-state index is -0.930. The van der Waals surface area contributed by atoms with E-state index in [1.54, 1.807) is 4.68 Å². The van der Waals surface area contributed by atoms with Crippen molar-refractivity contribution in [3.8, 4) is 0 Å². The Bertz CT molecular complexity index is 412. The standard InChI is InChI=1S/C11H17N3O2/c1-14-8-4-2-3-7(5-6-12)9(8)10(13-14)11(15)16/h7H,2-6,12H2,1H3,(H,15,16). The van der Waals surface area contributed by atoms with Gasteiger partial charge in [0.1, 0.15) is 0 Å². The normalized spacial score (nSPS) is 19.5. The van der Waals surface area contributed by atoms with E-state index in [1.807, 2.05) is 7.05 Å². The molecule has 88 valence electrons. The van der Waals surface area contributed by atoms with Crippen LogP contribution in [0, 0.1) is 0 Å². The van der Waals surface area contributed by atoms with Crippen LogP contribution < -0.4 is 5.73 Å². The number of aryl methyl sites for hydroxylation is 1. The molecule has 1 aromatic heterocycles. The molecule has 1 aliphatic rings. The maximum absolute atomic E-state index is 11.1. The summed E-state index contributed by atoms with van der Waals surface area (Å²) in [6.07, 6.45) is 3.89. The Labute approximate surface area is 94.2 Å². The molecule has 1 atom stereocenters. The molecule has 3 N–H and O–H groups in total. The van der Waals surface area contributed by atoms with Gasteiger partial charge in [-0.1, -0.05) is 0 Å². The van der Waals surface area contributed by atoms with Crippen molar-refractivity contribution >= 4 is 5.97 Å². The Morgan fingerprint density at radius 3 is 3.06 bits per heavy atom. The third kappa shape index (κ3) is 1.71. The molecule has 1 unspecified atom stereocenters. The summed E-state index contributed by atoms with van der Waals surface area (Å²) in [7, 11) is 1.82. The molecule has 2 rings (SSSR count). The van der Waals surface area contributed by atoms with Gasteiger partial charge in [0, 0.05) is 18.3 Å². The molecule has 5 nitrogen and oxygen atoms in total. The van der Waals surface area contributed by atoms with Gasteiger partial charge < -0.3 is 10.8 Å². The van der Waals surface area contributed by atoms with E-state index in [-0.39, 0.29) is 11.6 Å². The predicted molar refractivity (Wildman–Crippen MR) is 59.5 cm³/mol. The molecule has 5 heteroatoms. The van der Waals surface area contributed by atoms with Gasteiger partial charge in [-0.05, 0) is 38.1 Å². The summed E-state index contributed by atoms with van der Waals surface area (Å²) >= 11 is 0. The van der Waals surface area contributed by atoms with Crippen molar-refractivity contribution in [1.29, 1.82) is 0 Å². The van der Waals surface area contributed by atoms with Crippen LogP contribution in [-0.2, 0) is 13.5 Å². The number of hydrogen-bond acceptors (Lipinski definition) is 3. The average molecular weight is 223 g/mol. The minimum absolute atomic E-state index is 0.218. The van der Waals surface area contributed by atoms with E-state index in [9.17, 15) is 4.79 Å². The molecule has 0 bridgehead atoms. The number of carboxylic acids is 1. The van der Waals surface area contributed by atoms with Gasteiger partial charge in [-0.2, -0.15) is 5.10 Å². The van der Waals surface area contributed by atoms with Crippen LogP contribution in [0.25, 0.3) is 0 Å². The SMILES string of the molecule is Cn1nc(C(=O)O)c2c1CCCC2CCN. The summed E-state index contributed by atoms with van der Waals surface area (Å²) in [6, 6.07) is 0. The Kier molecular flexibility index (Phi) is 2.96. The van der Waals surface area contributed by atoms with Gasteiger partial charge >= 0.3 is 5.97 Å². The maximum atomic E-state index is 11.1. The van der Waals surface area contributed by atoms with Crippen LogP contribution in [0.4, 0.5) is 0 Å². The van der Waals surface area contributed by atoms with Crippen molar-refractivity contribution in [3.63, 3.8) is 0 Å². The van der Waals surface area contributed by atoms with Crippen molar-refractivity contribution < 1.29 is 9.90 Å². The number of nitrogens with two attached hydrogens (primary N) is 1. The largest absolute Gasteiger partial charge is 0.476 e. The van der Waals surface area contributed by atoms with Gasteiger partial charge in [0.2, 0.25) is 0 Å².